The van der Waals surface area contributed by atoms with Crippen LogP contribution in [0.1, 0.15) is 11.5 Å². The first kappa shape index (κ1) is 14.3. The number of thioether (sulfide) groups is 1. The van der Waals surface area contributed by atoms with Crippen LogP contribution in [0.3, 0.4) is 0 Å². The van der Waals surface area contributed by atoms with Gasteiger partial charge in [0.1, 0.15) is 5.92 Å². The maximum Gasteiger partial charge on any atom is 0.264 e. The molecule has 1 heterocycles. The summed E-state index contributed by atoms with van der Waals surface area (Å²) in [6, 6.07) is 11.0. The van der Waals surface area contributed by atoms with Crippen molar-refractivity contribution in [2.75, 3.05) is 6.26 Å². The molecule has 3 unspecified atom stereocenters. The summed E-state index contributed by atoms with van der Waals surface area (Å²) in [4.78, 5) is 27.6. The standard InChI is InChI=1S/C14H13N3O2S/c1-20-14-11(12(16)18)10(8-5-3-2-4-6-8)9(7-15)13(19)17-14/h2-6,9-11H,1H3,(H2,16,18). The Kier molecular flexibility index (Phi) is 4.20. The number of amides is 2. The largest absolute Gasteiger partial charge is 0.369 e. The molecule has 0 bridgehead atoms. The molecule has 0 aliphatic carbocycles. The van der Waals surface area contributed by atoms with Crippen LogP contribution in [0.2, 0.25) is 0 Å². The Bertz CT molecular complexity index is 607. The predicted molar refractivity (Wildman–Crippen MR) is 76.9 cm³/mol. The van der Waals surface area contributed by atoms with E-state index in [0.717, 1.165) is 5.56 Å². The molecule has 6 heteroatoms. The molecule has 20 heavy (non-hydrogen) atoms. The Morgan fingerprint density at radius 3 is 2.55 bits per heavy atom. The van der Waals surface area contributed by atoms with E-state index >= 15 is 0 Å². The van der Waals surface area contributed by atoms with Crippen LogP contribution in [0, 0.1) is 23.2 Å². The number of nitrogens with two attached hydrogens (primary N) is 1. The molecule has 0 aromatic heterocycles. The van der Waals surface area contributed by atoms with Crippen molar-refractivity contribution in [1.29, 1.82) is 5.26 Å². The number of nitrogens with zero attached hydrogens (tertiary/aromatic N) is 2. The van der Waals surface area contributed by atoms with Crippen LogP contribution in [0.25, 0.3) is 0 Å². The predicted octanol–water partition coefficient (Wildman–Crippen LogP) is 1.31. The zero-order chi connectivity index (χ0) is 14.7. The van der Waals surface area contributed by atoms with Crippen LogP contribution < -0.4 is 5.73 Å². The average Bonchev–Trinajstić information content (AvgIpc) is 2.46. The number of carbonyl (C=O) groups is 2. The second kappa shape index (κ2) is 5.88. The molecule has 2 rings (SSSR count). The van der Waals surface area contributed by atoms with E-state index in [1.807, 2.05) is 12.1 Å². The molecule has 102 valence electrons. The quantitative estimate of drug-likeness (QED) is 0.887. The minimum Gasteiger partial charge on any atom is -0.369 e. The van der Waals surface area contributed by atoms with Gasteiger partial charge in [-0.1, -0.05) is 30.3 Å². The lowest BCUT2D eigenvalue weighted by Gasteiger charge is -2.31. The van der Waals surface area contributed by atoms with Crippen LogP contribution in [0.4, 0.5) is 0 Å². The molecule has 1 aromatic rings. The number of benzene rings is 1. The Balaban J connectivity index is 2.59. The van der Waals surface area contributed by atoms with Crippen LogP contribution in [0.5, 0.6) is 0 Å². The SMILES string of the molecule is CSC1=NC(=O)C(C#N)C(c2ccccc2)C1C(N)=O. The van der Waals surface area contributed by atoms with E-state index in [1.165, 1.54) is 11.8 Å². The number of aliphatic imine (C=N–C) groups is 1. The summed E-state index contributed by atoms with van der Waals surface area (Å²) in [5.74, 6) is -3.38. The highest BCUT2D eigenvalue weighted by Crippen LogP contribution is 2.39. The monoisotopic (exact) mass is 287 g/mol. The van der Waals surface area contributed by atoms with Crippen molar-refractivity contribution in [2.24, 2.45) is 22.6 Å². The molecular formula is C14H13N3O2S. The van der Waals surface area contributed by atoms with Crippen LogP contribution in [-0.2, 0) is 9.59 Å². The Morgan fingerprint density at radius 2 is 2.05 bits per heavy atom. The molecule has 0 fully saturated rings. The highest BCUT2D eigenvalue weighted by molar-refractivity contribution is 8.13. The number of primary amides is 1. The van der Waals surface area contributed by atoms with Crippen molar-refractivity contribution < 1.29 is 9.59 Å². The van der Waals surface area contributed by atoms with E-state index in [9.17, 15) is 14.9 Å². The molecule has 5 nitrogen and oxygen atoms in total. The third-order valence-electron chi connectivity index (χ3n) is 3.31. The maximum atomic E-state index is 12.0. The van der Waals surface area contributed by atoms with Crippen LogP contribution >= 0.6 is 11.8 Å². The molecule has 0 saturated heterocycles. The third kappa shape index (κ3) is 2.45. The highest BCUT2D eigenvalue weighted by Gasteiger charge is 2.44. The van der Waals surface area contributed by atoms with Gasteiger partial charge in [-0.05, 0) is 11.8 Å². The highest BCUT2D eigenvalue weighted by atomic mass is 32.2. The maximum absolute atomic E-state index is 12.0. The molecule has 1 aliphatic rings. The van der Waals surface area contributed by atoms with Crippen molar-refractivity contribution in [3.63, 3.8) is 0 Å². The van der Waals surface area contributed by atoms with Crippen molar-refractivity contribution in [1.82, 2.24) is 0 Å². The molecule has 0 saturated carbocycles. The minimum atomic E-state index is -0.981. The number of carbonyl (C=O) groups excluding carboxylic acids is 2. The zero-order valence-corrected chi connectivity index (χ0v) is 11.6. The van der Waals surface area contributed by atoms with Crippen molar-refractivity contribution in [3.05, 3.63) is 35.9 Å². The normalized spacial score (nSPS) is 25.7. The second-order valence-corrected chi connectivity index (χ2v) is 5.24. The molecule has 1 aliphatic heterocycles. The van der Waals surface area contributed by atoms with Crippen LogP contribution in [-0.4, -0.2) is 23.1 Å². The molecule has 0 spiro atoms. The second-order valence-electron chi connectivity index (χ2n) is 4.42. The van der Waals surface area contributed by atoms with Gasteiger partial charge in [0.15, 0.2) is 0 Å². The lowest BCUT2D eigenvalue weighted by atomic mass is 9.75. The van der Waals surface area contributed by atoms with E-state index in [1.54, 1.807) is 30.5 Å². The van der Waals surface area contributed by atoms with E-state index in [0.29, 0.717) is 5.04 Å². The summed E-state index contributed by atoms with van der Waals surface area (Å²) < 4.78 is 0. The van der Waals surface area contributed by atoms with Crippen molar-refractivity contribution in [2.45, 2.75) is 5.92 Å². The molecule has 3 atom stereocenters. The first-order chi connectivity index (χ1) is 9.60. The lowest BCUT2D eigenvalue weighted by molar-refractivity contribution is -0.124. The van der Waals surface area contributed by atoms with Gasteiger partial charge in [-0.15, -0.1) is 11.8 Å². The molecular weight excluding hydrogens is 274 g/mol. The van der Waals surface area contributed by atoms with Gasteiger partial charge in [0, 0.05) is 5.92 Å². The summed E-state index contributed by atoms with van der Waals surface area (Å²) in [5.41, 5.74) is 6.22. The van der Waals surface area contributed by atoms with Gasteiger partial charge in [-0.25, -0.2) is 4.99 Å². The Morgan fingerprint density at radius 1 is 1.40 bits per heavy atom. The topological polar surface area (TPSA) is 96.3 Å². The summed E-state index contributed by atoms with van der Waals surface area (Å²) in [5, 5.41) is 9.63. The first-order valence-electron chi connectivity index (χ1n) is 6.00. The van der Waals surface area contributed by atoms with E-state index in [-0.39, 0.29) is 0 Å². The lowest BCUT2D eigenvalue weighted by Crippen LogP contribution is -2.42. The minimum absolute atomic E-state index is 0.378. The average molecular weight is 287 g/mol. The number of hydrogen-bond donors (Lipinski definition) is 1. The molecule has 1 aromatic carbocycles. The number of rotatable bonds is 2. The van der Waals surface area contributed by atoms with Gasteiger partial charge in [-0.3, -0.25) is 9.59 Å². The summed E-state index contributed by atoms with van der Waals surface area (Å²) in [6.07, 6.45) is 1.73. The molecule has 2 N–H and O–H groups in total. The smallest absolute Gasteiger partial charge is 0.264 e. The summed E-state index contributed by atoms with van der Waals surface area (Å²) in [7, 11) is 0. The van der Waals surface area contributed by atoms with Gasteiger partial charge < -0.3 is 5.73 Å². The number of hydrogen-bond acceptors (Lipinski definition) is 4. The van der Waals surface area contributed by atoms with E-state index < -0.39 is 29.6 Å². The van der Waals surface area contributed by atoms with E-state index in [4.69, 9.17) is 5.73 Å². The fraction of sp³-hybridized carbons (Fsp3) is 0.286. The fourth-order valence-corrected chi connectivity index (χ4v) is 3.11. The van der Waals surface area contributed by atoms with Gasteiger partial charge in [0.05, 0.1) is 17.0 Å². The van der Waals surface area contributed by atoms with Gasteiger partial charge in [0.2, 0.25) is 5.91 Å². The van der Waals surface area contributed by atoms with Gasteiger partial charge in [-0.2, -0.15) is 5.26 Å². The third-order valence-corrected chi connectivity index (χ3v) is 4.07. The zero-order valence-electron chi connectivity index (χ0n) is 10.8. The summed E-state index contributed by atoms with van der Waals surface area (Å²) in [6.45, 7) is 0. The van der Waals surface area contributed by atoms with Gasteiger partial charge in [0.25, 0.3) is 5.91 Å². The van der Waals surface area contributed by atoms with Crippen molar-refractivity contribution in [3.8, 4) is 6.07 Å². The Labute approximate surface area is 120 Å². The van der Waals surface area contributed by atoms with Crippen LogP contribution in [0.15, 0.2) is 35.3 Å². The Hall–Kier alpha value is -2.13. The molecule has 0 radical (unpaired) electrons. The van der Waals surface area contributed by atoms with Gasteiger partial charge >= 0.3 is 0 Å². The number of nitriles is 1. The van der Waals surface area contributed by atoms with Crippen molar-refractivity contribution >= 4 is 28.6 Å². The molecule has 2 amide bonds. The fourth-order valence-electron chi connectivity index (χ4n) is 2.41. The summed E-state index contributed by atoms with van der Waals surface area (Å²) >= 11 is 1.22. The van der Waals surface area contributed by atoms with E-state index in [2.05, 4.69) is 4.99 Å². The first-order valence-corrected chi connectivity index (χ1v) is 7.23.